The minimum absolute atomic E-state index is 0.00265. The molecule has 2 aromatic rings. The normalized spacial score (nSPS) is 25.3. The summed E-state index contributed by atoms with van der Waals surface area (Å²) in [5.74, 6) is -0.618. The topological polar surface area (TPSA) is 51.2 Å². The molecule has 4 rings (SSSR count). The van der Waals surface area contributed by atoms with Gasteiger partial charge in [0.15, 0.2) is 14.1 Å². The van der Waals surface area contributed by atoms with Crippen molar-refractivity contribution in [1.29, 1.82) is 0 Å². The third-order valence-corrected chi connectivity index (χ3v) is 12.7. The molecular formula is C30H45NO4Si. The molecule has 2 aromatic carbocycles. The second-order valence-corrected chi connectivity index (χ2v) is 17.1. The zero-order chi connectivity index (χ0) is 26.1. The third-order valence-electron chi connectivity index (χ3n) is 8.17. The van der Waals surface area contributed by atoms with Gasteiger partial charge in [-0.05, 0) is 55.9 Å². The molecule has 2 aliphatic rings. The van der Waals surface area contributed by atoms with Crippen LogP contribution in [0, 0.1) is 0 Å². The maximum atomic E-state index is 9.80. The lowest BCUT2D eigenvalue weighted by Crippen LogP contribution is -2.54. The van der Waals surface area contributed by atoms with Gasteiger partial charge in [0.2, 0.25) is 0 Å². The molecule has 2 aliphatic heterocycles. The first-order chi connectivity index (χ1) is 16.9. The highest BCUT2D eigenvalue weighted by molar-refractivity contribution is 6.74. The van der Waals surface area contributed by atoms with Crippen LogP contribution in [-0.2, 0) is 13.9 Å². The van der Waals surface area contributed by atoms with Gasteiger partial charge in [-0.1, -0.05) is 81.4 Å². The first-order valence-corrected chi connectivity index (χ1v) is 16.3. The highest BCUT2D eigenvalue weighted by Crippen LogP contribution is 2.46. The van der Waals surface area contributed by atoms with E-state index in [0.29, 0.717) is 6.42 Å². The van der Waals surface area contributed by atoms with Gasteiger partial charge < -0.3 is 19.0 Å². The van der Waals surface area contributed by atoms with E-state index in [1.165, 1.54) is 11.1 Å². The van der Waals surface area contributed by atoms with Crippen molar-refractivity contribution in [3.63, 3.8) is 0 Å². The van der Waals surface area contributed by atoms with E-state index < -0.39 is 14.1 Å². The number of fused-ring (bicyclic) bond motifs is 1. The van der Waals surface area contributed by atoms with Crippen molar-refractivity contribution in [2.24, 2.45) is 0 Å². The van der Waals surface area contributed by atoms with E-state index in [9.17, 15) is 5.11 Å². The molecule has 0 saturated carbocycles. The molecule has 0 aromatic heterocycles. The van der Waals surface area contributed by atoms with Gasteiger partial charge >= 0.3 is 0 Å². The molecule has 2 saturated heterocycles. The van der Waals surface area contributed by atoms with Crippen LogP contribution in [0.25, 0.3) is 0 Å². The van der Waals surface area contributed by atoms with E-state index in [-0.39, 0.29) is 42.0 Å². The summed E-state index contributed by atoms with van der Waals surface area (Å²) < 4.78 is 20.2. The summed E-state index contributed by atoms with van der Waals surface area (Å²) in [6.45, 7) is 16.4. The molecule has 0 radical (unpaired) electrons. The fraction of sp³-hybridized carbons (Fsp3) is 0.600. The van der Waals surface area contributed by atoms with Crippen LogP contribution in [0.5, 0.6) is 0 Å². The largest absolute Gasteiger partial charge is 0.412 e. The van der Waals surface area contributed by atoms with Crippen molar-refractivity contribution >= 4 is 8.32 Å². The van der Waals surface area contributed by atoms with Crippen molar-refractivity contribution in [2.45, 2.75) is 102 Å². The first kappa shape index (κ1) is 27.5. The Morgan fingerprint density at radius 3 is 2.06 bits per heavy atom. The second kappa shape index (κ2) is 10.7. The molecule has 0 spiro atoms. The minimum atomic E-state index is -2.09. The van der Waals surface area contributed by atoms with Gasteiger partial charge in [0.05, 0.1) is 18.2 Å². The van der Waals surface area contributed by atoms with Crippen LogP contribution in [0.2, 0.25) is 18.1 Å². The standard InChI is InChI=1S/C30H45NO4Si/c1-29(2,3)36(6,7)35-24(19-14-20-32)27-28-25(33-30(4,5)34-28)21-31(27)26(22-15-10-8-11-16-22)23-17-12-9-13-18-23/h8-13,15-18,24-28,32H,14,19-21H2,1-7H3/t24-,25+,27+,28+/m0/s1. The quantitative estimate of drug-likeness (QED) is 0.410. The molecule has 0 aliphatic carbocycles. The lowest BCUT2D eigenvalue weighted by Gasteiger charge is -2.45. The van der Waals surface area contributed by atoms with Gasteiger partial charge in [-0.25, -0.2) is 0 Å². The summed E-state index contributed by atoms with van der Waals surface area (Å²) in [6, 6.07) is 21.5. The Balaban J connectivity index is 1.80. The van der Waals surface area contributed by atoms with Crippen molar-refractivity contribution in [2.75, 3.05) is 13.2 Å². The predicted octanol–water partition coefficient (Wildman–Crippen LogP) is 6.14. The van der Waals surface area contributed by atoms with Gasteiger partial charge in [-0.2, -0.15) is 0 Å². The van der Waals surface area contributed by atoms with Crippen LogP contribution in [0.1, 0.15) is 64.6 Å². The summed E-state index contributed by atoms with van der Waals surface area (Å²) in [4.78, 5) is 2.56. The number of nitrogens with zero attached hydrogens (tertiary/aromatic N) is 1. The molecule has 0 amide bonds. The monoisotopic (exact) mass is 511 g/mol. The molecular weight excluding hydrogens is 466 g/mol. The predicted molar refractivity (Wildman–Crippen MR) is 147 cm³/mol. The zero-order valence-corrected chi connectivity index (χ0v) is 24.1. The smallest absolute Gasteiger partial charge is 0.192 e. The Morgan fingerprint density at radius 2 is 1.56 bits per heavy atom. The van der Waals surface area contributed by atoms with E-state index in [2.05, 4.69) is 99.4 Å². The van der Waals surface area contributed by atoms with Crippen molar-refractivity contribution < 1.29 is 19.0 Å². The van der Waals surface area contributed by atoms with Crippen molar-refractivity contribution in [3.05, 3.63) is 71.8 Å². The highest BCUT2D eigenvalue weighted by Gasteiger charge is 2.57. The van der Waals surface area contributed by atoms with E-state index in [1.807, 2.05) is 13.8 Å². The molecule has 1 N–H and O–H groups in total. The summed E-state index contributed by atoms with van der Waals surface area (Å²) >= 11 is 0. The Bertz CT molecular complexity index is 936. The van der Waals surface area contributed by atoms with Gasteiger partial charge in [0, 0.05) is 13.2 Å². The Labute approximate surface area is 218 Å². The second-order valence-electron chi connectivity index (χ2n) is 12.3. The molecule has 36 heavy (non-hydrogen) atoms. The van der Waals surface area contributed by atoms with Crippen LogP contribution in [0.3, 0.4) is 0 Å². The maximum Gasteiger partial charge on any atom is 0.192 e. The number of hydrogen-bond acceptors (Lipinski definition) is 5. The average molecular weight is 512 g/mol. The van der Waals surface area contributed by atoms with Crippen LogP contribution < -0.4 is 0 Å². The fourth-order valence-corrected chi connectivity index (χ4v) is 6.88. The summed E-state index contributed by atoms with van der Waals surface area (Å²) in [5, 5.41) is 9.89. The Kier molecular flexibility index (Phi) is 8.15. The molecule has 0 unspecified atom stereocenters. The van der Waals surface area contributed by atoms with Crippen molar-refractivity contribution in [1.82, 2.24) is 4.90 Å². The van der Waals surface area contributed by atoms with Crippen LogP contribution in [-0.4, -0.2) is 61.6 Å². The van der Waals surface area contributed by atoms with Gasteiger partial charge in [-0.3, -0.25) is 4.90 Å². The van der Waals surface area contributed by atoms with Crippen molar-refractivity contribution in [3.8, 4) is 0 Å². The number of benzene rings is 2. The van der Waals surface area contributed by atoms with Gasteiger partial charge in [-0.15, -0.1) is 0 Å². The van der Waals surface area contributed by atoms with Gasteiger partial charge in [0.1, 0.15) is 12.2 Å². The van der Waals surface area contributed by atoms with E-state index in [1.54, 1.807) is 0 Å². The van der Waals surface area contributed by atoms with E-state index >= 15 is 0 Å². The Morgan fingerprint density at radius 1 is 1.00 bits per heavy atom. The Hall–Kier alpha value is -1.54. The average Bonchev–Trinajstić information content (AvgIpc) is 3.29. The van der Waals surface area contributed by atoms with Crippen LogP contribution in [0.15, 0.2) is 60.7 Å². The SMILES string of the molecule is CC1(C)O[C@H]2[C@@H]([C@H](CCCO)O[Si](C)(C)C(C)(C)C)N(C(c3ccccc3)c3ccccc3)C[C@H]2O1. The number of rotatable bonds is 9. The molecule has 2 heterocycles. The molecule has 6 heteroatoms. The lowest BCUT2D eigenvalue weighted by molar-refractivity contribution is -0.168. The first-order valence-electron chi connectivity index (χ1n) is 13.4. The van der Waals surface area contributed by atoms with Crippen LogP contribution in [0.4, 0.5) is 0 Å². The number of ether oxygens (including phenoxy) is 2. The molecule has 5 nitrogen and oxygen atoms in total. The number of aliphatic hydroxyl groups excluding tert-OH is 1. The number of likely N-dealkylation sites (tertiary alicyclic amines) is 1. The summed E-state index contributed by atoms with van der Waals surface area (Å²) in [7, 11) is -2.09. The molecule has 4 atom stereocenters. The molecule has 2 fully saturated rings. The fourth-order valence-electron chi connectivity index (χ4n) is 5.51. The van der Waals surface area contributed by atoms with Gasteiger partial charge in [0.25, 0.3) is 0 Å². The maximum absolute atomic E-state index is 9.80. The van der Waals surface area contributed by atoms with Crippen LogP contribution >= 0.6 is 0 Å². The minimum Gasteiger partial charge on any atom is -0.412 e. The summed E-state index contributed by atoms with van der Waals surface area (Å²) in [6.07, 6.45) is 1.29. The molecule has 0 bridgehead atoms. The highest BCUT2D eigenvalue weighted by atomic mass is 28.4. The lowest BCUT2D eigenvalue weighted by atomic mass is 9.94. The zero-order valence-electron chi connectivity index (χ0n) is 23.1. The number of hydrogen-bond donors (Lipinski definition) is 1. The summed E-state index contributed by atoms with van der Waals surface area (Å²) in [5.41, 5.74) is 2.50. The van der Waals surface area contributed by atoms with E-state index in [0.717, 1.165) is 13.0 Å². The third kappa shape index (κ3) is 5.79. The van der Waals surface area contributed by atoms with E-state index in [4.69, 9.17) is 13.9 Å². The molecule has 198 valence electrons. The number of aliphatic hydroxyl groups is 1.